The Hall–Kier alpha value is -2.67. The third kappa shape index (κ3) is 4.34. The van der Waals surface area contributed by atoms with Crippen LogP contribution < -0.4 is 0 Å². The van der Waals surface area contributed by atoms with Gasteiger partial charge in [0.25, 0.3) is 0 Å². The molecular weight excluding hydrogens is 427 g/mol. The summed E-state index contributed by atoms with van der Waals surface area (Å²) in [5, 5.41) is 10.1. The number of benzene rings is 2. The van der Waals surface area contributed by atoms with E-state index in [4.69, 9.17) is 23.2 Å². The van der Waals surface area contributed by atoms with Gasteiger partial charge in [-0.1, -0.05) is 53.2 Å². The summed E-state index contributed by atoms with van der Waals surface area (Å²) >= 11 is 13.4. The number of hydrogen-bond donors (Lipinski definition) is 0. The molecule has 0 aliphatic rings. The fourth-order valence-corrected chi connectivity index (χ4v) is 4.13. The zero-order valence-electron chi connectivity index (χ0n) is 15.0. The highest BCUT2D eigenvalue weighted by atomic mass is 35.5. The van der Waals surface area contributed by atoms with Gasteiger partial charge in [-0.25, -0.2) is 0 Å². The van der Waals surface area contributed by atoms with E-state index < -0.39 is 0 Å². The Balaban J connectivity index is 1.66. The van der Waals surface area contributed by atoms with Gasteiger partial charge in [-0.05, 0) is 42.5 Å². The largest absolute Gasteiger partial charge is 0.293 e. The summed E-state index contributed by atoms with van der Waals surface area (Å²) in [6, 6.07) is 18.4. The fraction of sp³-hybridized carbons (Fsp3) is 0.0476. The zero-order valence-corrected chi connectivity index (χ0v) is 17.3. The number of ketones is 1. The van der Waals surface area contributed by atoms with Crippen LogP contribution >= 0.6 is 35.0 Å². The van der Waals surface area contributed by atoms with Crippen LogP contribution in [0, 0.1) is 0 Å². The molecule has 0 aliphatic heterocycles. The highest BCUT2D eigenvalue weighted by molar-refractivity contribution is 7.99. The number of rotatable bonds is 6. The number of thioether (sulfide) groups is 1. The van der Waals surface area contributed by atoms with Crippen molar-refractivity contribution >= 4 is 40.7 Å². The Bertz CT molecular complexity index is 1150. The van der Waals surface area contributed by atoms with Crippen LogP contribution in [0.2, 0.25) is 10.0 Å². The van der Waals surface area contributed by atoms with Crippen LogP contribution in [0.4, 0.5) is 0 Å². The normalized spacial score (nSPS) is 10.8. The van der Waals surface area contributed by atoms with Gasteiger partial charge in [-0.3, -0.25) is 14.3 Å². The van der Waals surface area contributed by atoms with Gasteiger partial charge in [-0.2, -0.15) is 0 Å². The van der Waals surface area contributed by atoms with Crippen molar-refractivity contribution in [2.75, 3.05) is 5.75 Å². The Morgan fingerprint density at radius 3 is 2.45 bits per heavy atom. The predicted molar refractivity (Wildman–Crippen MR) is 116 cm³/mol. The SMILES string of the molecule is O=C(CSc1nnc(-c2ccncc2)n1-c1ccccc1)c1ccc(Cl)cc1Cl. The summed E-state index contributed by atoms with van der Waals surface area (Å²) in [5.74, 6) is 0.741. The summed E-state index contributed by atoms with van der Waals surface area (Å²) in [5.41, 5.74) is 2.22. The van der Waals surface area contributed by atoms with E-state index >= 15 is 0 Å². The van der Waals surface area contributed by atoms with E-state index in [0.717, 1.165) is 11.3 Å². The van der Waals surface area contributed by atoms with E-state index in [0.29, 0.717) is 26.6 Å². The maximum Gasteiger partial charge on any atom is 0.196 e. The Morgan fingerprint density at radius 1 is 0.966 bits per heavy atom. The smallest absolute Gasteiger partial charge is 0.196 e. The topological polar surface area (TPSA) is 60.7 Å². The third-order valence-corrected chi connectivity index (χ3v) is 5.63. The van der Waals surface area contributed by atoms with Crippen molar-refractivity contribution in [3.05, 3.63) is 88.7 Å². The highest BCUT2D eigenvalue weighted by Crippen LogP contribution is 2.29. The second-order valence-corrected chi connectivity index (χ2v) is 7.84. The molecule has 29 heavy (non-hydrogen) atoms. The zero-order chi connectivity index (χ0) is 20.2. The van der Waals surface area contributed by atoms with Crippen molar-refractivity contribution in [2.45, 2.75) is 5.16 Å². The summed E-state index contributed by atoms with van der Waals surface area (Å²) in [4.78, 5) is 16.7. The van der Waals surface area contributed by atoms with E-state index in [1.54, 1.807) is 30.6 Å². The minimum absolute atomic E-state index is 0.107. The Morgan fingerprint density at radius 2 is 1.72 bits per heavy atom. The molecule has 0 unspecified atom stereocenters. The molecule has 144 valence electrons. The second kappa shape index (κ2) is 8.78. The molecule has 5 nitrogen and oxygen atoms in total. The first kappa shape index (κ1) is 19.6. The molecule has 0 aliphatic carbocycles. The molecule has 0 saturated carbocycles. The lowest BCUT2D eigenvalue weighted by Gasteiger charge is -2.10. The third-order valence-electron chi connectivity index (χ3n) is 4.15. The summed E-state index contributed by atoms with van der Waals surface area (Å²) in [6.45, 7) is 0. The fourth-order valence-electron chi connectivity index (χ4n) is 2.78. The predicted octanol–water partition coefficient (Wildman–Crippen LogP) is 5.61. The summed E-state index contributed by atoms with van der Waals surface area (Å²) in [7, 11) is 0. The minimum atomic E-state index is -0.107. The van der Waals surface area contributed by atoms with E-state index in [-0.39, 0.29) is 11.5 Å². The number of hydrogen-bond acceptors (Lipinski definition) is 5. The molecule has 2 aromatic carbocycles. The van der Waals surface area contributed by atoms with Gasteiger partial charge >= 0.3 is 0 Å². The van der Waals surface area contributed by atoms with Crippen LogP contribution in [0.3, 0.4) is 0 Å². The molecule has 8 heteroatoms. The standard InChI is InChI=1S/C21H14Cl2N4OS/c22-15-6-7-17(18(23)12-15)19(28)13-29-21-26-25-20(14-8-10-24-11-9-14)27(21)16-4-2-1-3-5-16/h1-12H,13H2. The molecule has 2 heterocycles. The lowest BCUT2D eigenvalue weighted by molar-refractivity contribution is 0.102. The van der Waals surface area contributed by atoms with Gasteiger partial charge in [-0.15, -0.1) is 10.2 Å². The molecule has 4 rings (SSSR count). The molecule has 0 saturated heterocycles. The number of pyridine rings is 1. The minimum Gasteiger partial charge on any atom is -0.293 e. The number of aromatic nitrogens is 4. The van der Waals surface area contributed by atoms with E-state index in [2.05, 4.69) is 15.2 Å². The average molecular weight is 441 g/mol. The van der Waals surface area contributed by atoms with Crippen molar-refractivity contribution < 1.29 is 4.79 Å². The molecule has 0 spiro atoms. The molecule has 0 amide bonds. The molecular formula is C21H14Cl2N4OS. The van der Waals surface area contributed by atoms with Crippen LogP contribution in [-0.4, -0.2) is 31.3 Å². The van der Waals surface area contributed by atoms with Crippen molar-refractivity contribution in [1.29, 1.82) is 0 Å². The Kier molecular flexibility index (Phi) is 5.94. The van der Waals surface area contributed by atoms with Gasteiger partial charge in [0.2, 0.25) is 0 Å². The van der Waals surface area contributed by atoms with Crippen LogP contribution in [0.5, 0.6) is 0 Å². The van der Waals surface area contributed by atoms with Crippen LogP contribution in [0.15, 0.2) is 78.2 Å². The van der Waals surface area contributed by atoms with Crippen LogP contribution in [0.1, 0.15) is 10.4 Å². The van der Waals surface area contributed by atoms with Crippen molar-refractivity contribution in [1.82, 2.24) is 19.7 Å². The van der Waals surface area contributed by atoms with Crippen molar-refractivity contribution in [3.63, 3.8) is 0 Å². The first-order valence-corrected chi connectivity index (χ1v) is 10.4. The molecule has 0 fully saturated rings. The van der Waals surface area contributed by atoms with E-state index in [9.17, 15) is 4.79 Å². The van der Waals surface area contributed by atoms with Crippen molar-refractivity contribution in [3.8, 4) is 17.1 Å². The number of halogens is 2. The lowest BCUT2D eigenvalue weighted by Crippen LogP contribution is -2.05. The number of carbonyl (C=O) groups excluding carboxylic acids is 1. The molecule has 0 bridgehead atoms. The number of para-hydroxylation sites is 1. The lowest BCUT2D eigenvalue weighted by atomic mass is 10.1. The van der Waals surface area contributed by atoms with Crippen LogP contribution in [-0.2, 0) is 0 Å². The second-order valence-electron chi connectivity index (χ2n) is 6.05. The van der Waals surface area contributed by atoms with E-state index in [1.165, 1.54) is 11.8 Å². The van der Waals surface area contributed by atoms with Gasteiger partial charge in [0, 0.05) is 34.2 Å². The van der Waals surface area contributed by atoms with Crippen molar-refractivity contribution in [2.24, 2.45) is 0 Å². The number of carbonyl (C=O) groups is 1. The number of Topliss-reactive ketones (excluding diaryl/α,β-unsaturated/α-hetero) is 1. The van der Waals surface area contributed by atoms with E-state index in [1.807, 2.05) is 47.0 Å². The quantitative estimate of drug-likeness (QED) is 0.288. The first-order valence-electron chi connectivity index (χ1n) is 8.66. The molecule has 4 aromatic rings. The summed E-state index contributed by atoms with van der Waals surface area (Å²) in [6.07, 6.45) is 3.41. The summed E-state index contributed by atoms with van der Waals surface area (Å²) < 4.78 is 1.93. The van der Waals surface area contributed by atoms with Gasteiger partial charge in [0.05, 0.1) is 10.8 Å². The molecule has 0 atom stereocenters. The highest BCUT2D eigenvalue weighted by Gasteiger charge is 2.18. The monoisotopic (exact) mass is 440 g/mol. The van der Waals surface area contributed by atoms with Gasteiger partial charge < -0.3 is 0 Å². The molecule has 2 aromatic heterocycles. The maximum absolute atomic E-state index is 12.7. The average Bonchev–Trinajstić information content (AvgIpc) is 3.17. The number of nitrogens with zero attached hydrogens (tertiary/aromatic N) is 4. The van der Waals surface area contributed by atoms with Gasteiger partial charge in [0.1, 0.15) is 0 Å². The Labute approximate surface area is 181 Å². The first-order chi connectivity index (χ1) is 14.1. The molecule has 0 radical (unpaired) electrons. The van der Waals surface area contributed by atoms with Gasteiger partial charge in [0.15, 0.2) is 16.8 Å². The molecule has 0 N–H and O–H groups in total. The van der Waals surface area contributed by atoms with Crippen LogP contribution in [0.25, 0.3) is 17.1 Å². The maximum atomic E-state index is 12.7.